The first-order valence-electron chi connectivity index (χ1n) is 6.24. The van der Waals surface area contributed by atoms with Gasteiger partial charge in [-0.15, -0.1) is 0 Å². The van der Waals surface area contributed by atoms with Crippen LogP contribution in [0.2, 0.25) is 0 Å². The second kappa shape index (κ2) is 6.58. The van der Waals surface area contributed by atoms with Gasteiger partial charge in [0.25, 0.3) is 0 Å². The molecule has 1 heterocycles. The first-order chi connectivity index (χ1) is 9.24. The van der Waals surface area contributed by atoms with Crippen LogP contribution in [0.4, 0.5) is 10.5 Å². The molecule has 0 unspecified atom stereocenters. The predicted octanol–water partition coefficient (Wildman–Crippen LogP) is 2.74. The molecule has 0 fully saturated rings. The minimum Gasteiger partial charge on any atom is -0.364 e. The quantitative estimate of drug-likeness (QED) is 0.811. The smallest absolute Gasteiger partial charge is 0.319 e. The van der Waals surface area contributed by atoms with Crippen LogP contribution in [-0.2, 0) is 6.42 Å². The zero-order chi connectivity index (χ0) is 13.5. The van der Waals surface area contributed by atoms with Crippen LogP contribution in [-0.4, -0.2) is 17.7 Å². The number of carbonyl (C=O) groups excluding carboxylic acids is 1. The molecule has 2 rings (SSSR count). The minimum atomic E-state index is -0.184. The molecule has 0 saturated heterocycles. The number of anilines is 1. The second-order valence-electron chi connectivity index (χ2n) is 4.39. The van der Waals surface area contributed by atoms with Crippen molar-refractivity contribution >= 4 is 11.7 Å². The van der Waals surface area contributed by atoms with Crippen molar-refractivity contribution in [3.8, 4) is 0 Å². The van der Waals surface area contributed by atoms with Crippen molar-refractivity contribution in [2.24, 2.45) is 0 Å². The summed E-state index contributed by atoms with van der Waals surface area (Å²) >= 11 is 0. The molecule has 2 N–H and O–H groups in total. The van der Waals surface area contributed by atoms with E-state index >= 15 is 0 Å². The van der Waals surface area contributed by atoms with Gasteiger partial charge < -0.3 is 15.2 Å². The van der Waals surface area contributed by atoms with E-state index in [0.29, 0.717) is 6.54 Å². The largest absolute Gasteiger partial charge is 0.364 e. The maximum Gasteiger partial charge on any atom is 0.319 e. The van der Waals surface area contributed by atoms with Crippen LogP contribution in [0.3, 0.4) is 0 Å². The molecule has 0 spiro atoms. The Bertz CT molecular complexity index is 523. The van der Waals surface area contributed by atoms with Crippen LogP contribution in [0, 0.1) is 6.92 Å². The van der Waals surface area contributed by atoms with E-state index in [1.165, 1.54) is 0 Å². The molecule has 1 aromatic heterocycles. The number of nitrogens with zero attached hydrogens (tertiary/aromatic N) is 1. The summed E-state index contributed by atoms with van der Waals surface area (Å²) in [6.45, 7) is 2.60. The molecular weight excluding hydrogens is 242 g/mol. The summed E-state index contributed by atoms with van der Waals surface area (Å²) in [6.07, 6.45) is 5.00. The van der Waals surface area contributed by atoms with Crippen LogP contribution in [0.15, 0.2) is 41.2 Å². The van der Waals surface area contributed by atoms with Gasteiger partial charge in [0.15, 0.2) is 0 Å². The lowest BCUT2D eigenvalue weighted by atomic mass is 10.2. The fraction of sp³-hybridized carbons (Fsp3) is 0.286. The monoisotopic (exact) mass is 259 g/mol. The molecule has 5 heteroatoms. The summed E-state index contributed by atoms with van der Waals surface area (Å²) in [7, 11) is 0. The first kappa shape index (κ1) is 13.1. The van der Waals surface area contributed by atoms with E-state index < -0.39 is 0 Å². The average molecular weight is 259 g/mol. The number of benzene rings is 1. The fourth-order valence-electron chi connectivity index (χ4n) is 1.74. The van der Waals surface area contributed by atoms with Crippen molar-refractivity contribution in [2.45, 2.75) is 19.8 Å². The van der Waals surface area contributed by atoms with E-state index in [1.54, 1.807) is 12.5 Å². The van der Waals surface area contributed by atoms with Gasteiger partial charge in [-0.25, -0.2) is 4.79 Å². The number of hydrogen-bond acceptors (Lipinski definition) is 3. The number of urea groups is 1. The highest BCUT2D eigenvalue weighted by atomic mass is 16.5. The third-order valence-electron chi connectivity index (χ3n) is 2.69. The summed E-state index contributed by atoms with van der Waals surface area (Å²) in [6, 6.07) is 7.51. The zero-order valence-corrected chi connectivity index (χ0v) is 10.8. The molecule has 0 radical (unpaired) electrons. The fourth-order valence-corrected chi connectivity index (χ4v) is 1.74. The van der Waals surface area contributed by atoms with Crippen molar-refractivity contribution in [3.63, 3.8) is 0 Å². The van der Waals surface area contributed by atoms with Gasteiger partial charge in [0.05, 0.1) is 6.20 Å². The Morgan fingerprint density at radius 1 is 1.42 bits per heavy atom. The summed E-state index contributed by atoms with van der Waals surface area (Å²) in [5.74, 6) is 0. The maximum atomic E-state index is 11.6. The lowest BCUT2D eigenvalue weighted by Gasteiger charge is -2.07. The third-order valence-corrected chi connectivity index (χ3v) is 2.69. The number of aryl methyl sites for hydroxylation is 2. The Labute approximate surface area is 112 Å². The zero-order valence-electron chi connectivity index (χ0n) is 10.8. The number of aromatic nitrogens is 1. The van der Waals surface area contributed by atoms with Crippen molar-refractivity contribution in [2.75, 3.05) is 11.9 Å². The standard InChI is InChI=1S/C14H17N3O2/c1-11-4-2-6-13(8-11)17-14(18)15-7-3-5-12-9-16-19-10-12/h2,4,6,8-10H,3,5,7H2,1H3,(H2,15,17,18). The number of hydrogen-bond donors (Lipinski definition) is 2. The highest BCUT2D eigenvalue weighted by Crippen LogP contribution is 2.09. The van der Waals surface area contributed by atoms with E-state index in [4.69, 9.17) is 4.52 Å². The number of amides is 2. The Hall–Kier alpha value is -2.30. The van der Waals surface area contributed by atoms with Gasteiger partial charge in [-0.3, -0.25) is 0 Å². The number of rotatable bonds is 5. The SMILES string of the molecule is Cc1cccc(NC(=O)NCCCc2cnoc2)c1. The summed E-state index contributed by atoms with van der Waals surface area (Å²) in [4.78, 5) is 11.6. The molecule has 0 saturated carbocycles. The van der Waals surface area contributed by atoms with Crippen LogP contribution < -0.4 is 10.6 Å². The van der Waals surface area contributed by atoms with E-state index in [1.807, 2.05) is 31.2 Å². The van der Waals surface area contributed by atoms with Gasteiger partial charge in [0.1, 0.15) is 6.26 Å². The Balaban J connectivity index is 1.67. The predicted molar refractivity (Wildman–Crippen MR) is 73.0 cm³/mol. The minimum absolute atomic E-state index is 0.184. The van der Waals surface area contributed by atoms with Crippen molar-refractivity contribution in [1.29, 1.82) is 0 Å². The van der Waals surface area contributed by atoms with Gasteiger partial charge in [-0.2, -0.15) is 0 Å². The van der Waals surface area contributed by atoms with E-state index in [9.17, 15) is 4.79 Å². The summed E-state index contributed by atoms with van der Waals surface area (Å²) in [5, 5.41) is 9.23. The summed E-state index contributed by atoms with van der Waals surface area (Å²) < 4.78 is 4.73. The summed E-state index contributed by atoms with van der Waals surface area (Å²) in [5.41, 5.74) is 2.96. The van der Waals surface area contributed by atoms with Gasteiger partial charge in [-0.1, -0.05) is 17.3 Å². The number of carbonyl (C=O) groups is 1. The molecule has 0 aliphatic rings. The van der Waals surface area contributed by atoms with E-state index in [2.05, 4.69) is 15.8 Å². The van der Waals surface area contributed by atoms with Gasteiger partial charge in [-0.05, 0) is 37.5 Å². The molecule has 0 aliphatic heterocycles. The highest BCUT2D eigenvalue weighted by Gasteiger charge is 2.01. The molecule has 0 aliphatic carbocycles. The third kappa shape index (κ3) is 4.46. The second-order valence-corrected chi connectivity index (χ2v) is 4.39. The highest BCUT2D eigenvalue weighted by molar-refractivity contribution is 5.89. The molecule has 19 heavy (non-hydrogen) atoms. The Kier molecular flexibility index (Phi) is 4.55. The molecular formula is C14H17N3O2. The topological polar surface area (TPSA) is 67.2 Å². The Morgan fingerprint density at radius 2 is 2.32 bits per heavy atom. The van der Waals surface area contributed by atoms with Gasteiger partial charge in [0, 0.05) is 17.8 Å². The van der Waals surface area contributed by atoms with E-state index in [-0.39, 0.29) is 6.03 Å². The Morgan fingerprint density at radius 3 is 3.05 bits per heavy atom. The molecule has 100 valence electrons. The molecule has 1 aromatic carbocycles. The first-order valence-corrected chi connectivity index (χ1v) is 6.24. The van der Waals surface area contributed by atoms with Gasteiger partial charge in [0.2, 0.25) is 0 Å². The van der Waals surface area contributed by atoms with Crippen LogP contribution in [0.1, 0.15) is 17.5 Å². The van der Waals surface area contributed by atoms with Crippen LogP contribution >= 0.6 is 0 Å². The maximum absolute atomic E-state index is 11.6. The molecule has 0 atom stereocenters. The average Bonchev–Trinajstić information content (AvgIpc) is 2.88. The van der Waals surface area contributed by atoms with E-state index in [0.717, 1.165) is 29.7 Å². The number of nitrogens with one attached hydrogen (secondary N) is 2. The molecule has 2 aromatic rings. The van der Waals surface area contributed by atoms with Crippen molar-refractivity contribution in [3.05, 3.63) is 47.9 Å². The molecule has 0 bridgehead atoms. The van der Waals surface area contributed by atoms with Gasteiger partial charge >= 0.3 is 6.03 Å². The van der Waals surface area contributed by atoms with Crippen LogP contribution in [0.25, 0.3) is 0 Å². The lowest BCUT2D eigenvalue weighted by molar-refractivity contribution is 0.252. The lowest BCUT2D eigenvalue weighted by Crippen LogP contribution is -2.29. The molecule has 2 amide bonds. The van der Waals surface area contributed by atoms with Crippen molar-refractivity contribution in [1.82, 2.24) is 10.5 Å². The normalized spacial score (nSPS) is 10.2. The molecule has 5 nitrogen and oxygen atoms in total. The van der Waals surface area contributed by atoms with Crippen molar-refractivity contribution < 1.29 is 9.32 Å². The van der Waals surface area contributed by atoms with Crippen LogP contribution in [0.5, 0.6) is 0 Å².